The number of para-hydroxylation sites is 1. The van der Waals surface area contributed by atoms with E-state index < -0.39 is 15.9 Å². The van der Waals surface area contributed by atoms with E-state index in [2.05, 4.69) is 20.6 Å². The predicted molar refractivity (Wildman–Crippen MR) is 126 cm³/mol. The third kappa shape index (κ3) is 4.47. The summed E-state index contributed by atoms with van der Waals surface area (Å²) in [6, 6.07) is 17.6. The van der Waals surface area contributed by atoms with E-state index in [9.17, 15) is 13.2 Å². The number of thiazole rings is 1. The summed E-state index contributed by atoms with van der Waals surface area (Å²) < 4.78 is 33.8. The van der Waals surface area contributed by atoms with Gasteiger partial charge in [-0.3, -0.25) is 20.4 Å². The number of carbonyl (C=O) groups is 1. The van der Waals surface area contributed by atoms with Crippen LogP contribution in [0.15, 0.2) is 71.6 Å². The maximum atomic E-state index is 12.8. The number of nitrogens with zero attached hydrogens (tertiary/aromatic N) is 1. The van der Waals surface area contributed by atoms with Crippen LogP contribution in [0.4, 0.5) is 10.8 Å². The number of halogens is 1. The molecular formula is C21H17ClN4O4S2. The first-order valence-corrected chi connectivity index (χ1v) is 11.9. The molecule has 32 heavy (non-hydrogen) atoms. The van der Waals surface area contributed by atoms with Crippen LogP contribution in [0.5, 0.6) is 5.75 Å². The highest BCUT2D eigenvalue weighted by Gasteiger charge is 2.19. The molecule has 0 unspecified atom stereocenters. The number of hydrogen-bond donors (Lipinski definition) is 3. The van der Waals surface area contributed by atoms with Crippen LogP contribution in [0.3, 0.4) is 0 Å². The Labute approximate surface area is 193 Å². The molecule has 0 bridgehead atoms. The first-order chi connectivity index (χ1) is 15.4. The van der Waals surface area contributed by atoms with E-state index in [0.29, 0.717) is 26.1 Å². The molecule has 0 atom stereocenters. The average Bonchev–Trinajstić information content (AvgIpc) is 3.24. The second-order valence-electron chi connectivity index (χ2n) is 6.49. The maximum Gasteiger partial charge on any atom is 0.271 e. The number of aromatic nitrogens is 1. The van der Waals surface area contributed by atoms with Crippen LogP contribution in [0.2, 0.25) is 5.02 Å². The highest BCUT2D eigenvalue weighted by molar-refractivity contribution is 7.92. The van der Waals surface area contributed by atoms with Crippen LogP contribution in [-0.4, -0.2) is 26.4 Å². The van der Waals surface area contributed by atoms with Gasteiger partial charge in [0.2, 0.25) is 5.13 Å². The molecule has 1 aromatic heterocycles. The SMILES string of the molecule is COc1ccc(Cl)c2sc(NNC(=O)c3ccccc3NS(=O)(=O)c3ccccc3)nc12. The standard InChI is InChI=1S/C21H17ClN4O4S2/c1-30-17-12-11-15(22)19-18(17)23-21(31-19)25-24-20(27)14-9-5-6-10-16(14)26-32(28,29)13-7-3-2-4-8-13/h2-12,26H,1H3,(H,23,25)(H,24,27). The molecule has 1 heterocycles. The monoisotopic (exact) mass is 488 g/mol. The van der Waals surface area contributed by atoms with Gasteiger partial charge in [-0.2, -0.15) is 0 Å². The number of hydrazine groups is 1. The number of amides is 1. The van der Waals surface area contributed by atoms with Crippen molar-refractivity contribution < 1.29 is 17.9 Å². The molecule has 0 saturated heterocycles. The summed E-state index contributed by atoms with van der Waals surface area (Å²) in [7, 11) is -2.32. The molecular weight excluding hydrogens is 472 g/mol. The van der Waals surface area contributed by atoms with Crippen LogP contribution in [0, 0.1) is 0 Å². The molecule has 11 heteroatoms. The van der Waals surface area contributed by atoms with Crippen molar-refractivity contribution >= 4 is 59.9 Å². The van der Waals surface area contributed by atoms with Crippen molar-refractivity contribution in [2.45, 2.75) is 4.90 Å². The third-order valence-electron chi connectivity index (χ3n) is 4.43. The van der Waals surface area contributed by atoms with Crippen molar-refractivity contribution in [2.75, 3.05) is 17.3 Å². The smallest absolute Gasteiger partial charge is 0.271 e. The van der Waals surface area contributed by atoms with Gasteiger partial charge in [-0.25, -0.2) is 13.4 Å². The molecule has 0 radical (unpaired) electrons. The summed E-state index contributed by atoms with van der Waals surface area (Å²) in [5.41, 5.74) is 6.13. The lowest BCUT2D eigenvalue weighted by Crippen LogP contribution is -2.30. The number of sulfonamides is 1. The first-order valence-electron chi connectivity index (χ1n) is 9.25. The summed E-state index contributed by atoms with van der Waals surface area (Å²) in [5.74, 6) is 0.00868. The fourth-order valence-electron chi connectivity index (χ4n) is 2.92. The van der Waals surface area contributed by atoms with Gasteiger partial charge in [0.25, 0.3) is 15.9 Å². The van der Waals surface area contributed by atoms with Crippen LogP contribution in [-0.2, 0) is 10.0 Å². The third-order valence-corrected chi connectivity index (χ3v) is 7.24. The van der Waals surface area contributed by atoms with Gasteiger partial charge in [0, 0.05) is 0 Å². The van der Waals surface area contributed by atoms with Gasteiger partial charge in [0.05, 0.1) is 33.0 Å². The maximum absolute atomic E-state index is 12.8. The molecule has 3 N–H and O–H groups in total. The van der Waals surface area contributed by atoms with Gasteiger partial charge < -0.3 is 4.74 Å². The summed E-state index contributed by atoms with van der Waals surface area (Å²) in [4.78, 5) is 17.3. The molecule has 4 rings (SSSR count). The van der Waals surface area contributed by atoms with Crippen molar-refractivity contribution in [2.24, 2.45) is 0 Å². The van der Waals surface area contributed by atoms with E-state index in [1.165, 1.54) is 42.7 Å². The topological polar surface area (TPSA) is 109 Å². The second kappa shape index (κ2) is 9.03. The van der Waals surface area contributed by atoms with Crippen LogP contribution in [0.1, 0.15) is 10.4 Å². The highest BCUT2D eigenvalue weighted by atomic mass is 35.5. The Morgan fingerprint density at radius 3 is 2.50 bits per heavy atom. The Morgan fingerprint density at radius 1 is 1.03 bits per heavy atom. The molecule has 0 aliphatic heterocycles. The molecule has 8 nitrogen and oxygen atoms in total. The molecule has 0 aliphatic carbocycles. The molecule has 0 spiro atoms. The first kappa shape index (κ1) is 21.9. The fourth-order valence-corrected chi connectivity index (χ4v) is 5.13. The second-order valence-corrected chi connectivity index (χ2v) is 9.58. The van der Waals surface area contributed by atoms with Crippen molar-refractivity contribution in [3.8, 4) is 5.75 Å². The minimum Gasteiger partial charge on any atom is -0.494 e. The number of methoxy groups -OCH3 is 1. The molecule has 0 saturated carbocycles. The number of fused-ring (bicyclic) bond motifs is 1. The zero-order chi connectivity index (χ0) is 22.7. The number of carbonyl (C=O) groups excluding carboxylic acids is 1. The number of anilines is 2. The highest BCUT2D eigenvalue weighted by Crippen LogP contribution is 2.37. The lowest BCUT2D eigenvalue weighted by atomic mass is 10.2. The Kier molecular flexibility index (Phi) is 6.17. The molecule has 4 aromatic rings. The number of ether oxygens (including phenoxy) is 1. The van der Waals surface area contributed by atoms with E-state index in [4.69, 9.17) is 16.3 Å². The summed E-state index contributed by atoms with van der Waals surface area (Å²) in [5, 5.41) is 0.903. The zero-order valence-electron chi connectivity index (χ0n) is 16.6. The number of benzene rings is 3. The van der Waals surface area contributed by atoms with Crippen LogP contribution >= 0.6 is 22.9 Å². The van der Waals surface area contributed by atoms with Crippen LogP contribution < -0.4 is 20.3 Å². The van der Waals surface area contributed by atoms with Gasteiger partial charge in [-0.05, 0) is 36.4 Å². The van der Waals surface area contributed by atoms with Gasteiger partial charge in [0.15, 0.2) is 0 Å². The minimum absolute atomic E-state index is 0.0913. The largest absolute Gasteiger partial charge is 0.494 e. The number of rotatable bonds is 7. The molecule has 0 aliphatic rings. The van der Waals surface area contributed by atoms with Crippen molar-refractivity contribution in [1.29, 1.82) is 0 Å². The van der Waals surface area contributed by atoms with Gasteiger partial charge in [0.1, 0.15) is 11.3 Å². The van der Waals surface area contributed by atoms with E-state index in [-0.39, 0.29) is 16.1 Å². The molecule has 3 aromatic carbocycles. The summed E-state index contributed by atoms with van der Waals surface area (Å²) >= 11 is 7.47. The Morgan fingerprint density at radius 2 is 1.75 bits per heavy atom. The van der Waals surface area contributed by atoms with Crippen LogP contribution in [0.25, 0.3) is 10.2 Å². The number of nitrogens with one attached hydrogen (secondary N) is 3. The quantitative estimate of drug-likeness (QED) is 0.330. The van der Waals surface area contributed by atoms with E-state index >= 15 is 0 Å². The summed E-state index contributed by atoms with van der Waals surface area (Å²) in [6.45, 7) is 0. The van der Waals surface area contributed by atoms with Gasteiger partial charge in [-0.1, -0.05) is 53.3 Å². The van der Waals surface area contributed by atoms with Gasteiger partial charge >= 0.3 is 0 Å². The fraction of sp³-hybridized carbons (Fsp3) is 0.0476. The molecule has 164 valence electrons. The van der Waals surface area contributed by atoms with E-state index in [1.54, 1.807) is 42.5 Å². The van der Waals surface area contributed by atoms with E-state index in [0.717, 1.165) is 0 Å². The molecule has 0 fully saturated rings. The summed E-state index contributed by atoms with van der Waals surface area (Å²) in [6.07, 6.45) is 0. The average molecular weight is 489 g/mol. The lowest BCUT2D eigenvalue weighted by Gasteiger charge is -2.13. The Hall–Kier alpha value is -3.34. The van der Waals surface area contributed by atoms with Crippen molar-refractivity contribution in [3.05, 3.63) is 77.3 Å². The zero-order valence-corrected chi connectivity index (χ0v) is 19.0. The Balaban J connectivity index is 1.54. The van der Waals surface area contributed by atoms with E-state index in [1.807, 2.05) is 0 Å². The number of hydrogen-bond acceptors (Lipinski definition) is 7. The Bertz CT molecular complexity index is 1390. The lowest BCUT2D eigenvalue weighted by molar-refractivity contribution is 0.0963. The van der Waals surface area contributed by atoms with Crippen molar-refractivity contribution in [3.63, 3.8) is 0 Å². The predicted octanol–water partition coefficient (Wildman–Crippen LogP) is 4.52. The van der Waals surface area contributed by atoms with Crippen molar-refractivity contribution in [1.82, 2.24) is 10.4 Å². The minimum atomic E-state index is -3.86. The normalized spacial score (nSPS) is 11.2. The van der Waals surface area contributed by atoms with Gasteiger partial charge in [-0.15, -0.1) is 0 Å². The molecule has 1 amide bonds.